The van der Waals surface area contributed by atoms with E-state index in [2.05, 4.69) is 46.9 Å². The van der Waals surface area contributed by atoms with Gasteiger partial charge in [-0.2, -0.15) is 0 Å². The van der Waals surface area contributed by atoms with Crippen LogP contribution in [-0.4, -0.2) is 24.3 Å². The number of rotatable bonds is 8. The minimum absolute atomic E-state index is 0.0815. The Bertz CT molecular complexity index is 254. The molecular formula is C18H37NO. The van der Waals surface area contributed by atoms with E-state index in [1.165, 1.54) is 38.5 Å². The molecule has 1 aliphatic rings. The molecule has 0 aliphatic heterocycles. The highest BCUT2D eigenvalue weighted by atomic mass is 16.5. The van der Waals surface area contributed by atoms with Crippen molar-refractivity contribution >= 4 is 0 Å². The summed E-state index contributed by atoms with van der Waals surface area (Å²) in [6.45, 7) is 14.5. The smallest absolute Gasteiger partial charge is 0.0810 e. The molecule has 1 rings (SSSR count). The number of ether oxygens (including phenoxy) is 1. The van der Waals surface area contributed by atoms with Gasteiger partial charge in [0.1, 0.15) is 0 Å². The average Bonchev–Trinajstić information content (AvgIpc) is 2.39. The monoisotopic (exact) mass is 283 g/mol. The molecule has 0 aromatic rings. The third-order valence-corrected chi connectivity index (χ3v) is 4.92. The van der Waals surface area contributed by atoms with Crippen molar-refractivity contribution < 1.29 is 4.74 Å². The van der Waals surface area contributed by atoms with Crippen LogP contribution in [0.5, 0.6) is 0 Å². The van der Waals surface area contributed by atoms with E-state index < -0.39 is 0 Å². The van der Waals surface area contributed by atoms with Crippen LogP contribution >= 0.6 is 0 Å². The van der Waals surface area contributed by atoms with Crippen molar-refractivity contribution in [3.63, 3.8) is 0 Å². The molecule has 1 fully saturated rings. The van der Waals surface area contributed by atoms with Crippen LogP contribution in [-0.2, 0) is 4.74 Å². The number of nitrogens with one attached hydrogen (secondary N) is 1. The summed E-state index contributed by atoms with van der Waals surface area (Å²) in [6, 6.07) is 0.540. The average molecular weight is 284 g/mol. The molecule has 120 valence electrons. The van der Waals surface area contributed by atoms with Gasteiger partial charge in [-0.05, 0) is 44.4 Å². The van der Waals surface area contributed by atoms with Gasteiger partial charge in [-0.15, -0.1) is 0 Å². The number of hydrogen-bond donors (Lipinski definition) is 1. The molecule has 1 atom stereocenters. The molecule has 1 N–H and O–H groups in total. The Morgan fingerprint density at radius 2 is 1.70 bits per heavy atom. The lowest BCUT2D eigenvalue weighted by molar-refractivity contribution is -0.126. The Morgan fingerprint density at radius 3 is 2.15 bits per heavy atom. The first-order valence-electron chi connectivity index (χ1n) is 8.79. The molecule has 0 heterocycles. The fraction of sp³-hybridized carbons (Fsp3) is 1.00. The predicted octanol–water partition coefficient (Wildman–Crippen LogP) is 4.77. The molecule has 1 aliphatic carbocycles. The normalized spacial score (nSPS) is 29.1. The van der Waals surface area contributed by atoms with Gasteiger partial charge in [0, 0.05) is 12.6 Å². The second-order valence-electron chi connectivity index (χ2n) is 7.52. The largest absolute Gasteiger partial charge is 0.370 e. The van der Waals surface area contributed by atoms with Crippen LogP contribution < -0.4 is 5.32 Å². The van der Waals surface area contributed by atoms with E-state index in [1.54, 1.807) is 0 Å². The molecule has 2 heteroatoms. The summed E-state index contributed by atoms with van der Waals surface area (Å²) >= 11 is 0. The van der Waals surface area contributed by atoms with E-state index in [4.69, 9.17) is 4.74 Å². The molecule has 0 saturated heterocycles. The third-order valence-electron chi connectivity index (χ3n) is 4.92. The molecule has 0 spiro atoms. The van der Waals surface area contributed by atoms with Gasteiger partial charge in [-0.1, -0.05) is 47.5 Å². The van der Waals surface area contributed by atoms with Crippen molar-refractivity contribution in [1.82, 2.24) is 5.32 Å². The third kappa shape index (κ3) is 5.73. The van der Waals surface area contributed by atoms with Crippen LogP contribution in [0.1, 0.15) is 80.1 Å². The SMILES string of the molecule is CCCC1CCC(CNC(C)C)(OC(C)C(C)C)CC1. The van der Waals surface area contributed by atoms with Crippen LogP contribution in [0.25, 0.3) is 0 Å². The molecule has 0 amide bonds. The lowest BCUT2D eigenvalue weighted by Crippen LogP contribution is -2.49. The summed E-state index contributed by atoms with van der Waals surface area (Å²) in [5.74, 6) is 1.53. The maximum Gasteiger partial charge on any atom is 0.0810 e. The molecule has 1 saturated carbocycles. The van der Waals surface area contributed by atoms with Gasteiger partial charge in [0.15, 0.2) is 0 Å². The van der Waals surface area contributed by atoms with Crippen LogP contribution in [0.3, 0.4) is 0 Å². The van der Waals surface area contributed by atoms with E-state index in [1.807, 2.05) is 0 Å². The summed E-state index contributed by atoms with van der Waals surface area (Å²) in [5.41, 5.74) is 0.0815. The molecule has 0 bridgehead atoms. The first kappa shape index (κ1) is 18.0. The van der Waals surface area contributed by atoms with Gasteiger partial charge >= 0.3 is 0 Å². The summed E-state index contributed by atoms with van der Waals surface area (Å²) in [5, 5.41) is 3.62. The van der Waals surface area contributed by atoms with Crippen LogP contribution in [0.2, 0.25) is 0 Å². The van der Waals surface area contributed by atoms with Crippen molar-refractivity contribution in [1.29, 1.82) is 0 Å². The highest BCUT2D eigenvalue weighted by molar-refractivity contribution is 4.90. The molecular weight excluding hydrogens is 246 g/mol. The molecule has 0 aromatic carbocycles. The summed E-state index contributed by atoms with van der Waals surface area (Å²) < 4.78 is 6.55. The van der Waals surface area contributed by atoms with Gasteiger partial charge in [-0.25, -0.2) is 0 Å². The van der Waals surface area contributed by atoms with Crippen molar-refractivity contribution in [2.24, 2.45) is 11.8 Å². The lowest BCUT2D eigenvalue weighted by atomic mass is 9.76. The Kier molecular flexibility index (Phi) is 7.53. The summed E-state index contributed by atoms with van der Waals surface area (Å²) in [6.07, 6.45) is 8.23. The first-order chi connectivity index (χ1) is 9.38. The van der Waals surface area contributed by atoms with Crippen LogP contribution in [0.15, 0.2) is 0 Å². The fourth-order valence-electron chi connectivity index (χ4n) is 3.16. The second kappa shape index (κ2) is 8.38. The Hall–Kier alpha value is -0.0800. The zero-order valence-corrected chi connectivity index (χ0v) is 14.7. The predicted molar refractivity (Wildman–Crippen MR) is 88.1 cm³/mol. The van der Waals surface area contributed by atoms with E-state index in [0.29, 0.717) is 18.1 Å². The van der Waals surface area contributed by atoms with E-state index in [-0.39, 0.29) is 5.60 Å². The van der Waals surface area contributed by atoms with Gasteiger partial charge in [0.05, 0.1) is 11.7 Å². The van der Waals surface area contributed by atoms with Crippen molar-refractivity contribution in [3.8, 4) is 0 Å². The van der Waals surface area contributed by atoms with Gasteiger partial charge in [0.25, 0.3) is 0 Å². The first-order valence-corrected chi connectivity index (χ1v) is 8.79. The molecule has 0 radical (unpaired) electrons. The fourth-order valence-corrected chi connectivity index (χ4v) is 3.16. The molecule has 2 nitrogen and oxygen atoms in total. The van der Waals surface area contributed by atoms with E-state index in [0.717, 1.165) is 12.5 Å². The zero-order chi connectivity index (χ0) is 15.2. The maximum atomic E-state index is 6.55. The molecule has 1 unspecified atom stereocenters. The van der Waals surface area contributed by atoms with Gasteiger partial charge < -0.3 is 10.1 Å². The van der Waals surface area contributed by atoms with Crippen molar-refractivity contribution in [3.05, 3.63) is 0 Å². The quantitative estimate of drug-likeness (QED) is 0.692. The zero-order valence-electron chi connectivity index (χ0n) is 14.7. The highest BCUT2D eigenvalue weighted by Crippen LogP contribution is 2.38. The Labute approximate surface area is 127 Å². The molecule has 20 heavy (non-hydrogen) atoms. The van der Waals surface area contributed by atoms with E-state index in [9.17, 15) is 0 Å². The van der Waals surface area contributed by atoms with Crippen LogP contribution in [0, 0.1) is 11.8 Å². The molecule has 0 aromatic heterocycles. The van der Waals surface area contributed by atoms with Gasteiger partial charge in [0.2, 0.25) is 0 Å². The standard InChI is InChI=1S/C18H37NO/c1-7-8-17-9-11-18(12-10-17,13-19-15(4)5)20-16(6)14(2)3/h14-17,19H,7-13H2,1-6H3. The topological polar surface area (TPSA) is 21.3 Å². The van der Waals surface area contributed by atoms with E-state index >= 15 is 0 Å². The minimum Gasteiger partial charge on any atom is -0.370 e. The minimum atomic E-state index is 0.0815. The maximum absolute atomic E-state index is 6.55. The Morgan fingerprint density at radius 1 is 1.10 bits per heavy atom. The summed E-state index contributed by atoms with van der Waals surface area (Å²) in [4.78, 5) is 0. The van der Waals surface area contributed by atoms with Crippen molar-refractivity contribution in [2.75, 3.05) is 6.54 Å². The summed E-state index contributed by atoms with van der Waals surface area (Å²) in [7, 11) is 0. The highest BCUT2D eigenvalue weighted by Gasteiger charge is 2.37. The number of hydrogen-bond acceptors (Lipinski definition) is 2. The Balaban J connectivity index is 2.61. The van der Waals surface area contributed by atoms with Crippen LogP contribution in [0.4, 0.5) is 0 Å². The van der Waals surface area contributed by atoms with Gasteiger partial charge in [-0.3, -0.25) is 0 Å². The second-order valence-corrected chi connectivity index (χ2v) is 7.52. The van der Waals surface area contributed by atoms with Crippen molar-refractivity contribution in [2.45, 2.75) is 97.8 Å². The lowest BCUT2D eigenvalue weighted by Gasteiger charge is -2.43.